The molecular weight excluding hydrogens is 378 g/mol. The Morgan fingerprint density at radius 2 is 2.10 bits per heavy atom. The largest absolute Gasteiger partial charge is 0.497 e. The quantitative estimate of drug-likeness (QED) is 0.618. The molecule has 1 unspecified atom stereocenters. The van der Waals surface area contributed by atoms with Crippen molar-refractivity contribution in [3.8, 4) is 17.1 Å². The van der Waals surface area contributed by atoms with Gasteiger partial charge >= 0.3 is 0 Å². The third-order valence-corrected chi connectivity index (χ3v) is 5.68. The second kappa shape index (κ2) is 9.11. The Kier molecular flexibility index (Phi) is 6.12. The number of methoxy groups -OCH3 is 1. The number of aromatic nitrogens is 2. The SMILES string of the molecule is COc1cccc(CC(=O)N2CCCC(Cc3nc(-c4ccccc4C)no3)C2)c1. The summed E-state index contributed by atoms with van der Waals surface area (Å²) in [5.74, 6) is 2.53. The van der Waals surface area contributed by atoms with Crippen molar-refractivity contribution in [2.45, 2.75) is 32.6 Å². The number of carbonyl (C=O) groups excluding carboxylic acids is 1. The maximum atomic E-state index is 12.8. The Labute approximate surface area is 176 Å². The van der Waals surface area contributed by atoms with E-state index in [1.165, 1.54) is 0 Å². The monoisotopic (exact) mass is 405 g/mol. The first-order valence-corrected chi connectivity index (χ1v) is 10.4. The minimum atomic E-state index is 0.152. The number of likely N-dealkylation sites (tertiary alicyclic amines) is 1. The van der Waals surface area contributed by atoms with Crippen molar-refractivity contribution in [1.82, 2.24) is 15.0 Å². The summed E-state index contributed by atoms with van der Waals surface area (Å²) in [6.07, 6.45) is 3.14. The van der Waals surface area contributed by atoms with Crippen LogP contribution < -0.4 is 4.74 Å². The van der Waals surface area contributed by atoms with Gasteiger partial charge in [-0.15, -0.1) is 0 Å². The highest BCUT2D eigenvalue weighted by molar-refractivity contribution is 5.79. The third kappa shape index (κ3) is 4.70. The fourth-order valence-electron chi connectivity index (χ4n) is 4.04. The predicted molar refractivity (Wildman–Crippen MR) is 114 cm³/mol. The number of carbonyl (C=O) groups is 1. The molecule has 2 heterocycles. The van der Waals surface area contributed by atoms with E-state index in [0.717, 1.165) is 48.4 Å². The zero-order valence-corrected chi connectivity index (χ0v) is 17.5. The van der Waals surface area contributed by atoms with Crippen molar-refractivity contribution in [3.05, 3.63) is 65.5 Å². The Balaban J connectivity index is 1.37. The van der Waals surface area contributed by atoms with Gasteiger partial charge in [-0.1, -0.05) is 41.6 Å². The first-order valence-electron chi connectivity index (χ1n) is 10.4. The second-order valence-electron chi connectivity index (χ2n) is 7.91. The Morgan fingerprint density at radius 1 is 1.23 bits per heavy atom. The number of ether oxygens (including phenoxy) is 1. The summed E-state index contributed by atoms with van der Waals surface area (Å²) in [5.41, 5.74) is 3.09. The average Bonchev–Trinajstić information content (AvgIpc) is 3.22. The number of hydrogen-bond donors (Lipinski definition) is 0. The highest BCUT2D eigenvalue weighted by atomic mass is 16.5. The maximum Gasteiger partial charge on any atom is 0.227 e. The molecule has 1 aromatic heterocycles. The lowest BCUT2D eigenvalue weighted by Gasteiger charge is -2.32. The van der Waals surface area contributed by atoms with E-state index in [1.54, 1.807) is 7.11 Å². The van der Waals surface area contributed by atoms with Crippen LogP contribution in [-0.2, 0) is 17.6 Å². The number of rotatable bonds is 6. The summed E-state index contributed by atoms with van der Waals surface area (Å²) in [6.45, 7) is 3.57. The fourth-order valence-corrected chi connectivity index (χ4v) is 4.04. The summed E-state index contributed by atoms with van der Waals surface area (Å²) in [7, 11) is 1.64. The van der Waals surface area contributed by atoms with Gasteiger partial charge in [0.15, 0.2) is 0 Å². The summed E-state index contributed by atoms with van der Waals surface area (Å²) in [6, 6.07) is 15.7. The van der Waals surface area contributed by atoms with Crippen LogP contribution in [0.4, 0.5) is 0 Å². The summed E-state index contributed by atoms with van der Waals surface area (Å²) in [4.78, 5) is 19.4. The van der Waals surface area contributed by atoms with E-state index in [4.69, 9.17) is 9.26 Å². The van der Waals surface area contributed by atoms with Crippen molar-refractivity contribution in [1.29, 1.82) is 0 Å². The topological polar surface area (TPSA) is 68.5 Å². The molecule has 30 heavy (non-hydrogen) atoms. The molecule has 6 nitrogen and oxygen atoms in total. The number of hydrogen-bond acceptors (Lipinski definition) is 5. The smallest absolute Gasteiger partial charge is 0.227 e. The van der Waals surface area contributed by atoms with Crippen molar-refractivity contribution in [2.24, 2.45) is 5.92 Å². The number of aryl methyl sites for hydroxylation is 1. The molecule has 2 aromatic carbocycles. The lowest BCUT2D eigenvalue weighted by atomic mass is 9.94. The number of piperidine rings is 1. The van der Waals surface area contributed by atoms with Crippen LogP contribution in [0.15, 0.2) is 53.1 Å². The number of benzene rings is 2. The lowest BCUT2D eigenvalue weighted by molar-refractivity contribution is -0.132. The molecule has 1 atom stereocenters. The van der Waals surface area contributed by atoms with Gasteiger partial charge in [-0.25, -0.2) is 0 Å². The molecular formula is C24H27N3O3. The van der Waals surface area contributed by atoms with E-state index in [2.05, 4.69) is 10.1 Å². The molecule has 1 saturated heterocycles. The van der Waals surface area contributed by atoms with Crippen LogP contribution in [0.3, 0.4) is 0 Å². The Bertz CT molecular complexity index is 1010. The number of amides is 1. The van der Waals surface area contributed by atoms with Gasteiger partial charge < -0.3 is 14.2 Å². The molecule has 4 rings (SSSR count). The molecule has 0 aliphatic carbocycles. The fraction of sp³-hybridized carbons (Fsp3) is 0.375. The maximum absolute atomic E-state index is 12.8. The first kappa shape index (κ1) is 20.1. The van der Waals surface area contributed by atoms with Crippen LogP contribution in [0.25, 0.3) is 11.4 Å². The first-order chi connectivity index (χ1) is 14.6. The van der Waals surface area contributed by atoms with Crippen LogP contribution >= 0.6 is 0 Å². The van der Waals surface area contributed by atoms with E-state index in [-0.39, 0.29) is 5.91 Å². The molecule has 1 aliphatic rings. The van der Waals surface area contributed by atoms with E-state index in [9.17, 15) is 4.79 Å². The highest BCUT2D eigenvalue weighted by Gasteiger charge is 2.25. The summed E-state index contributed by atoms with van der Waals surface area (Å²) in [5, 5.41) is 4.16. The molecule has 1 amide bonds. The van der Waals surface area contributed by atoms with Gasteiger partial charge in [-0.2, -0.15) is 4.98 Å². The standard InChI is InChI=1S/C24H27N3O3/c1-17-7-3-4-11-21(17)24-25-22(30-26-24)14-19-9-6-12-27(16-19)23(28)15-18-8-5-10-20(13-18)29-2/h3-5,7-8,10-11,13,19H,6,9,12,14-16H2,1-2H3. The average molecular weight is 405 g/mol. The predicted octanol–water partition coefficient (Wildman–Crippen LogP) is 4.08. The lowest BCUT2D eigenvalue weighted by Crippen LogP contribution is -2.41. The van der Waals surface area contributed by atoms with E-state index in [1.807, 2.05) is 60.4 Å². The van der Waals surface area contributed by atoms with Gasteiger partial charge in [0.1, 0.15) is 5.75 Å². The number of nitrogens with zero attached hydrogens (tertiary/aromatic N) is 3. The van der Waals surface area contributed by atoms with Crippen LogP contribution in [-0.4, -0.2) is 41.1 Å². The minimum absolute atomic E-state index is 0.152. The van der Waals surface area contributed by atoms with Crippen molar-refractivity contribution < 1.29 is 14.1 Å². The minimum Gasteiger partial charge on any atom is -0.497 e. The Hall–Kier alpha value is -3.15. The van der Waals surface area contributed by atoms with Crippen LogP contribution in [0.5, 0.6) is 5.75 Å². The van der Waals surface area contributed by atoms with E-state index < -0.39 is 0 Å². The molecule has 0 spiro atoms. The van der Waals surface area contributed by atoms with Gasteiger partial charge in [0.2, 0.25) is 17.6 Å². The normalized spacial score (nSPS) is 16.5. The van der Waals surface area contributed by atoms with Crippen LogP contribution in [0, 0.1) is 12.8 Å². The zero-order valence-electron chi connectivity index (χ0n) is 17.5. The van der Waals surface area contributed by atoms with Crippen molar-refractivity contribution in [3.63, 3.8) is 0 Å². The zero-order chi connectivity index (χ0) is 20.9. The molecule has 0 N–H and O–H groups in total. The molecule has 1 fully saturated rings. The van der Waals surface area contributed by atoms with E-state index >= 15 is 0 Å². The van der Waals surface area contributed by atoms with Crippen molar-refractivity contribution >= 4 is 5.91 Å². The van der Waals surface area contributed by atoms with Gasteiger partial charge in [0.05, 0.1) is 13.5 Å². The molecule has 0 radical (unpaired) electrons. The third-order valence-electron chi connectivity index (χ3n) is 5.68. The van der Waals surface area contributed by atoms with Gasteiger partial charge in [0, 0.05) is 25.1 Å². The molecule has 0 bridgehead atoms. The highest BCUT2D eigenvalue weighted by Crippen LogP contribution is 2.24. The molecule has 1 aliphatic heterocycles. The van der Waals surface area contributed by atoms with Crippen LogP contribution in [0.1, 0.15) is 29.9 Å². The molecule has 0 saturated carbocycles. The summed E-state index contributed by atoms with van der Waals surface area (Å²) < 4.78 is 10.8. The van der Waals surface area contributed by atoms with Crippen molar-refractivity contribution in [2.75, 3.05) is 20.2 Å². The molecule has 6 heteroatoms. The molecule has 156 valence electrons. The van der Waals surface area contributed by atoms with Gasteiger partial charge in [-0.05, 0) is 48.9 Å². The summed E-state index contributed by atoms with van der Waals surface area (Å²) >= 11 is 0. The molecule has 3 aromatic rings. The second-order valence-corrected chi connectivity index (χ2v) is 7.91. The van der Waals surface area contributed by atoms with E-state index in [0.29, 0.717) is 30.5 Å². The Morgan fingerprint density at radius 3 is 2.93 bits per heavy atom. The van der Waals surface area contributed by atoms with Gasteiger partial charge in [0.25, 0.3) is 0 Å². The van der Waals surface area contributed by atoms with Gasteiger partial charge in [-0.3, -0.25) is 4.79 Å². The van der Waals surface area contributed by atoms with Crippen LogP contribution in [0.2, 0.25) is 0 Å².